The van der Waals surface area contributed by atoms with Gasteiger partial charge in [-0.3, -0.25) is 14.3 Å². The van der Waals surface area contributed by atoms with E-state index in [1.54, 1.807) is 0 Å². The van der Waals surface area contributed by atoms with Crippen LogP contribution in [0.1, 0.15) is 69.4 Å². The zero-order valence-corrected chi connectivity index (χ0v) is 14.9. The van der Waals surface area contributed by atoms with E-state index in [9.17, 15) is 14.7 Å². The van der Waals surface area contributed by atoms with Crippen LogP contribution in [0.15, 0.2) is 12.3 Å². The maximum Gasteiger partial charge on any atom is 0.319 e. The minimum atomic E-state index is -1.17. The summed E-state index contributed by atoms with van der Waals surface area (Å²) in [5, 5.41) is 14.1. The lowest BCUT2D eigenvalue weighted by atomic mass is 9.72. The van der Waals surface area contributed by atoms with E-state index in [2.05, 4.69) is 11.2 Å². The molecule has 1 saturated carbocycles. The van der Waals surface area contributed by atoms with Crippen molar-refractivity contribution in [2.24, 2.45) is 12.5 Å². The van der Waals surface area contributed by atoms with Gasteiger partial charge in [-0.25, -0.2) is 0 Å². The summed E-state index contributed by atoms with van der Waals surface area (Å²) in [5.74, 6) is -0.595. The second-order valence-corrected chi connectivity index (χ2v) is 8.09. The van der Waals surface area contributed by atoms with Crippen molar-refractivity contribution < 1.29 is 14.7 Å². The average Bonchev–Trinajstić information content (AvgIpc) is 3.15. The van der Waals surface area contributed by atoms with Gasteiger partial charge < -0.3 is 10.0 Å². The highest BCUT2D eigenvalue weighted by atomic mass is 16.4. The lowest BCUT2D eigenvalue weighted by Crippen LogP contribution is -2.55. The average molecular weight is 345 g/mol. The summed E-state index contributed by atoms with van der Waals surface area (Å²) in [6, 6.07) is 2.44. The standard InChI is InChI=1S/C19H27N3O3/c1-21-16(7-10-20-21)13-11-14-5-6-15(12-13)22(14)17(23)19(18(24)25)8-3-2-4-9-19/h7,10,13-15H,2-6,8-9,11-12H2,1H3,(H,24,25). The Morgan fingerprint density at radius 1 is 1.16 bits per heavy atom. The molecule has 2 aliphatic heterocycles. The van der Waals surface area contributed by atoms with Crippen LogP contribution in [0.5, 0.6) is 0 Å². The van der Waals surface area contributed by atoms with Crippen LogP contribution in [-0.2, 0) is 16.6 Å². The number of carbonyl (C=O) groups is 2. The zero-order valence-electron chi connectivity index (χ0n) is 14.9. The lowest BCUT2D eigenvalue weighted by molar-refractivity contribution is -0.166. The number of aliphatic carboxylic acids is 1. The van der Waals surface area contributed by atoms with E-state index in [-0.39, 0.29) is 18.0 Å². The third-order valence-corrected chi connectivity index (χ3v) is 6.77. The first-order chi connectivity index (χ1) is 12.0. The first-order valence-electron chi connectivity index (χ1n) is 9.57. The van der Waals surface area contributed by atoms with Crippen LogP contribution >= 0.6 is 0 Å². The van der Waals surface area contributed by atoms with E-state index in [1.165, 1.54) is 5.69 Å². The molecule has 1 N–H and O–H groups in total. The largest absolute Gasteiger partial charge is 0.480 e. The Morgan fingerprint density at radius 3 is 2.32 bits per heavy atom. The molecule has 2 atom stereocenters. The summed E-state index contributed by atoms with van der Waals surface area (Å²) >= 11 is 0. The highest BCUT2D eigenvalue weighted by molar-refractivity contribution is 6.02. The molecular formula is C19H27N3O3. The molecule has 1 aliphatic carbocycles. The van der Waals surface area contributed by atoms with Gasteiger partial charge in [-0.15, -0.1) is 0 Å². The van der Waals surface area contributed by atoms with Gasteiger partial charge >= 0.3 is 5.97 Å². The molecule has 3 fully saturated rings. The van der Waals surface area contributed by atoms with Crippen molar-refractivity contribution in [3.63, 3.8) is 0 Å². The van der Waals surface area contributed by atoms with Crippen LogP contribution < -0.4 is 0 Å². The van der Waals surface area contributed by atoms with Crippen molar-refractivity contribution in [2.75, 3.05) is 0 Å². The molecule has 0 aromatic carbocycles. The number of aryl methyl sites for hydroxylation is 1. The molecule has 3 heterocycles. The second-order valence-electron chi connectivity index (χ2n) is 8.09. The number of fused-ring (bicyclic) bond motifs is 2. The molecule has 1 aromatic rings. The predicted octanol–water partition coefficient (Wildman–Crippen LogP) is 2.69. The van der Waals surface area contributed by atoms with Crippen molar-refractivity contribution >= 4 is 11.9 Å². The van der Waals surface area contributed by atoms with Crippen molar-refractivity contribution in [3.05, 3.63) is 18.0 Å². The van der Waals surface area contributed by atoms with Crippen LogP contribution in [0.2, 0.25) is 0 Å². The quantitative estimate of drug-likeness (QED) is 0.855. The first kappa shape index (κ1) is 16.6. The monoisotopic (exact) mass is 345 g/mol. The fourth-order valence-electron chi connectivity index (χ4n) is 5.46. The van der Waals surface area contributed by atoms with Crippen molar-refractivity contribution in [2.45, 2.75) is 75.8 Å². The van der Waals surface area contributed by atoms with E-state index in [4.69, 9.17) is 0 Å². The van der Waals surface area contributed by atoms with Gasteiger partial charge in [0.25, 0.3) is 0 Å². The maximum absolute atomic E-state index is 13.4. The molecule has 136 valence electrons. The number of carboxylic acid groups (broad SMARTS) is 1. The highest BCUT2D eigenvalue weighted by Crippen LogP contribution is 2.47. The van der Waals surface area contributed by atoms with Crippen LogP contribution in [0.3, 0.4) is 0 Å². The molecule has 2 bridgehead atoms. The second kappa shape index (κ2) is 6.15. The maximum atomic E-state index is 13.4. The summed E-state index contributed by atoms with van der Waals surface area (Å²) in [6.07, 6.45) is 9.42. The topological polar surface area (TPSA) is 75.4 Å². The lowest BCUT2D eigenvalue weighted by Gasteiger charge is -2.44. The Labute approximate surface area is 148 Å². The van der Waals surface area contributed by atoms with Gasteiger partial charge in [-0.1, -0.05) is 19.3 Å². The fraction of sp³-hybridized carbons (Fsp3) is 0.737. The zero-order chi connectivity index (χ0) is 17.6. The molecule has 6 nitrogen and oxygen atoms in total. The van der Waals surface area contributed by atoms with Crippen molar-refractivity contribution in [1.82, 2.24) is 14.7 Å². The van der Waals surface area contributed by atoms with E-state index >= 15 is 0 Å². The Morgan fingerprint density at radius 2 is 1.80 bits per heavy atom. The Bertz CT molecular complexity index is 663. The molecule has 6 heteroatoms. The number of carbonyl (C=O) groups excluding carboxylic acids is 1. The number of piperidine rings is 1. The number of aromatic nitrogens is 2. The Balaban J connectivity index is 1.57. The SMILES string of the molecule is Cn1nccc1C1CC2CCC(C1)N2C(=O)C1(C(=O)O)CCCCC1. The van der Waals surface area contributed by atoms with Crippen LogP contribution in [0, 0.1) is 5.41 Å². The number of carboxylic acids is 1. The van der Waals surface area contributed by atoms with Gasteiger partial charge in [0.15, 0.2) is 0 Å². The third-order valence-electron chi connectivity index (χ3n) is 6.77. The summed E-state index contributed by atoms with van der Waals surface area (Å²) in [6.45, 7) is 0. The van der Waals surface area contributed by atoms with Crippen LogP contribution in [0.25, 0.3) is 0 Å². The molecule has 1 aromatic heterocycles. The number of hydrogen-bond acceptors (Lipinski definition) is 3. The normalized spacial score (nSPS) is 31.1. The number of rotatable bonds is 3. The van der Waals surface area contributed by atoms with Gasteiger partial charge in [0.1, 0.15) is 5.41 Å². The molecule has 4 rings (SSSR count). The van der Waals surface area contributed by atoms with Gasteiger partial charge in [0.05, 0.1) is 0 Å². The minimum absolute atomic E-state index is 0.101. The number of nitrogens with zero attached hydrogens (tertiary/aromatic N) is 3. The van der Waals surface area contributed by atoms with Gasteiger partial charge in [-0.05, 0) is 44.6 Å². The van der Waals surface area contributed by atoms with Crippen molar-refractivity contribution in [1.29, 1.82) is 0 Å². The minimum Gasteiger partial charge on any atom is -0.480 e. The molecular weight excluding hydrogens is 318 g/mol. The predicted molar refractivity (Wildman–Crippen MR) is 92.0 cm³/mol. The van der Waals surface area contributed by atoms with E-state index < -0.39 is 11.4 Å². The smallest absolute Gasteiger partial charge is 0.319 e. The molecule has 2 unspecified atom stereocenters. The van der Waals surface area contributed by atoms with Gasteiger partial charge in [0, 0.05) is 36.9 Å². The molecule has 3 aliphatic rings. The first-order valence-corrected chi connectivity index (χ1v) is 9.57. The van der Waals surface area contributed by atoms with Crippen LogP contribution in [0.4, 0.5) is 0 Å². The van der Waals surface area contributed by atoms with Crippen LogP contribution in [-0.4, -0.2) is 43.7 Å². The van der Waals surface area contributed by atoms with E-state index in [1.807, 2.05) is 22.8 Å². The number of hydrogen-bond donors (Lipinski definition) is 1. The van der Waals surface area contributed by atoms with Gasteiger partial charge in [-0.2, -0.15) is 5.10 Å². The summed E-state index contributed by atoms with van der Waals surface area (Å²) < 4.78 is 1.93. The molecule has 0 spiro atoms. The molecule has 25 heavy (non-hydrogen) atoms. The summed E-state index contributed by atoms with van der Waals surface area (Å²) in [5.41, 5.74) is 0.0629. The van der Waals surface area contributed by atoms with E-state index in [0.717, 1.165) is 44.9 Å². The Hall–Kier alpha value is -1.85. The third kappa shape index (κ3) is 2.57. The molecule has 0 radical (unpaired) electrons. The number of amides is 1. The summed E-state index contributed by atoms with van der Waals surface area (Å²) in [7, 11) is 1.97. The van der Waals surface area contributed by atoms with Gasteiger partial charge in [0.2, 0.25) is 5.91 Å². The fourth-order valence-corrected chi connectivity index (χ4v) is 5.46. The van der Waals surface area contributed by atoms with Crippen molar-refractivity contribution in [3.8, 4) is 0 Å². The molecule has 2 saturated heterocycles. The summed E-state index contributed by atoms with van der Waals surface area (Å²) in [4.78, 5) is 27.4. The molecule has 1 amide bonds. The Kier molecular flexibility index (Phi) is 4.08. The van der Waals surface area contributed by atoms with E-state index in [0.29, 0.717) is 18.8 Å². The highest BCUT2D eigenvalue weighted by Gasteiger charge is 2.54.